The van der Waals surface area contributed by atoms with Gasteiger partial charge in [0.1, 0.15) is 18.7 Å². The van der Waals surface area contributed by atoms with Crippen LogP contribution < -0.4 is 0 Å². The van der Waals surface area contributed by atoms with Crippen molar-refractivity contribution >= 4 is 6.09 Å². The third kappa shape index (κ3) is 1.53. The van der Waals surface area contributed by atoms with Crippen molar-refractivity contribution in [2.75, 3.05) is 13.6 Å². The van der Waals surface area contributed by atoms with Crippen LogP contribution in [-0.2, 0) is 4.74 Å². The first-order valence-corrected chi connectivity index (χ1v) is 4.03. The number of ether oxygens (including phenoxy) is 1. The Morgan fingerprint density at radius 2 is 2.09 bits per heavy atom. The number of carbonyl (C=O) groups is 1. The molecule has 0 aromatic heterocycles. The molecule has 1 heterocycles. The summed E-state index contributed by atoms with van der Waals surface area (Å²) in [4.78, 5) is 11.3. The first kappa shape index (κ1) is 8.53. The van der Waals surface area contributed by atoms with E-state index in [4.69, 9.17) is 4.74 Å². The molecule has 0 aliphatic carbocycles. The highest BCUT2D eigenvalue weighted by atomic mass is 16.6. The van der Waals surface area contributed by atoms with Gasteiger partial charge in [0.25, 0.3) is 0 Å². The molecule has 0 aromatic carbocycles. The molecule has 1 aliphatic rings. The van der Waals surface area contributed by atoms with Gasteiger partial charge in [-0.05, 0) is 20.8 Å². The van der Waals surface area contributed by atoms with E-state index in [1.807, 2.05) is 20.9 Å². The molecule has 3 nitrogen and oxygen atoms in total. The molecule has 1 saturated heterocycles. The molecule has 1 aliphatic heterocycles. The molecule has 0 N–H and O–H groups in total. The van der Waals surface area contributed by atoms with Crippen LogP contribution in [0.4, 0.5) is 4.79 Å². The summed E-state index contributed by atoms with van der Waals surface area (Å²) >= 11 is 0. The Hall–Kier alpha value is -0.570. The van der Waals surface area contributed by atoms with E-state index < -0.39 is 0 Å². The van der Waals surface area contributed by atoms with E-state index in [0.717, 1.165) is 6.54 Å². The molecule has 0 spiro atoms. The lowest BCUT2D eigenvalue weighted by molar-refractivity contribution is -0.713. The maximum atomic E-state index is 11.3. The van der Waals surface area contributed by atoms with Crippen molar-refractivity contribution in [1.82, 2.24) is 0 Å². The molecular weight excluding hydrogens is 142 g/mol. The van der Waals surface area contributed by atoms with Crippen LogP contribution in [0, 0.1) is 0 Å². The highest BCUT2D eigenvalue weighted by molar-refractivity contribution is 5.61. The van der Waals surface area contributed by atoms with Gasteiger partial charge in [-0.1, -0.05) is 0 Å². The molecule has 3 heteroatoms. The predicted octanol–water partition coefficient (Wildman–Crippen LogP) is 1.38. The fourth-order valence-electron chi connectivity index (χ4n) is 1.08. The summed E-state index contributed by atoms with van der Waals surface area (Å²) in [5.74, 6) is 0. The molecule has 1 rings (SSSR count). The molecule has 64 valence electrons. The molecule has 0 bridgehead atoms. The van der Waals surface area contributed by atoms with Crippen molar-refractivity contribution in [2.24, 2.45) is 0 Å². The van der Waals surface area contributed by atoms with Gasteiger partial charge in [-0.15, -0.1) is 0 Å². The SMILES string of the molecule is CC(C)OC(=O)[N+]1(C)CC1C. The number of likely N-dealkylation sites (N-methyl/N-ethyl adjacent to an activating group) is 1. The average molecular weight is 158 g/mol. The Morgan fingerprint density at radius 1 is 1.64 bits per heavy atom. The Morgan fingerprint density at radius 3 is 2.36 bits per heavy atom. The van der Waals surface area contributed by atoms with Gasteiger partial charge >= 0.3 is 6.09 Å². The standard InChI is InChI=1S/C8H16NO2/c1-6(2)11-8(10)9(4)5-7(9)3/h6-7H,5H2,1-4H3/q+1. The Bertz CT molecular complexity index is 179. The van der Waals surface area contributed by atoms with Crippen molar-refractivity contribution in [3.8, 4) is 0 Å². The Labute approximate surface area is 67.5 Å². The molecule has 0 radical (unpaired) electrons. The van der Waals surface area contributed by atoms with Gasteiger partial charge in [-0.25, -0.2) is 4.48 Å². The quantitative estimate of drug-likeness (QED) is 0.425. The van der Waals surface area contributed by atoms with E-state index in [2.05, 4.69) is 6.92 Å². The average Bonchev–Trinajstić information content (AvgIpc) is 2.40. The fraction of sp³-hybridized carbons (Fsp3) is 0.875. The summed E-state index contributed by atoms with van der Waals surface area (Å²) in [5.41, 5.74) is 0. The molecule has 1 fully saturated rings. The van der Waals surface area contributed by atoms with Gasteiger partial charge in [0.15, 0.2) is 0 Å². The van der Waals surface area contributed by atoms with E-state index in [1.54, 1.807) is 0 Å². The number of hydrogen-bond acceptors (Lipinski definition) is 2. The predicted molar refractivity (Wildman–Crippen MR) is 42.1 cm³/mol. The van der Waals surface area contributed by atoms with E-state index in [1.165, 1.54) is 0 Å². The van der Waals surface area contributed by atoms with Crippen LogP contribution >= 0.6 is 0 Å². The molecule has 0 aromatic rings. The lowest BCUT2D eigenvalue weighted by atomic mass is 10.5. The zero-order valence-electron chi connectivity index (χ0n) is 7.63. The van der Waals surface area contributed by atoms with Crippen LogP contribution in [0.25, 0.3) is 0 Å². The Balaban J connectivity index is 2.43. The van der Waals surface area contributed by atoms with Crippen molar-refractivity contribution in [2.45, 2.75) is 32.9 Å². The van der Waals surface area contributed by atoms with Gasteiger partial charge in [0.2, 0.25) is 0 Å². The minimum Gasteiger partial charge on any atom is -0.417 e. The van der Waals surface area contributed by atoms with Gasteiger partial charge in [-0.3, -0.25) is 0 Å². The summed E-state index contributed by atoms with van der Waals surface area (Å²) in [6, 6.07) is 0.446. The highest BCUT2D eigenvalue weighted by Crippen LogP contribution is 2.28. The minimum atomic E-state index is -0.0903. The second-order valence-corrected chi connectivity index (χ2v) is 3.73. The van der Waals surface area contributed by atoms with Crippen LogP contribution in [0.2, 0.25) is 0 Å². The lowest BCUT2D eigenvalue weighted by Crippen LogP contribution is -2.33. The van der Waals surface area contributed by atoms with Crippen LogP contribution in [0.5, 0.6) is 0 Å². The Kier molecular flexibility index (Phi) is 1.92. The summed E-state index contributed by atoms with van der Waals surface area (Å²) in [5, 5.41) is 0. The van der Waals surface area contributed by atoms with Gasteiger partial charge < -0.3 is 4.74 Å². The van der Waals surface area contributed by atoms with Crippen molar-refractivity contribution in [3.05, 3.63) is 0 Å². The van der Waals surface area contributed by atoms with E-state index in [9.17, 15) is 4.79 Å². The third-order valence-corrected chi connectivity index (χ3v) is 2.24. The topological polar surface area (TPSA) is 26.3 Å². The molecule has 0 saturated carbocycles. The second kappa shape index (κ2) is 2.48. The van der Waals surface area contributed by atoms with Crippen molar-refractivity contribution in [1.29, 1.82) is 0 Å². The van der Waals surface area contributed by atoms with Crippen molar-refractivity contribution in [3.63, 3.8) is 0 Å². The van der Waals surface area contributed by atoms with Gasteiger partial charge in [0, 0.05) is 0 Å². The zero-order chi connectivity index (χ0) is 8.65. The number of carbonyl (C=O) groups excluding carboxylic acids is 1. The monoisotopic (exact) mass is 158 g/mol. The third-order valence-electron chi connectivity index (χ3n) is 2.24. The zero-order valence-corrected chi connectivity index (χ0v) is 7.63. The second-order valence-electron chi connectivity index (χ2n) is 3.73. The summed E-state index contributed by atoms with van der Waals surface area (Å²) in [7, 11) is 1.91. The summed E-state index contributed by atoms with van der Waals surface area (Å²) < 4.78 is 5.54. The lowest BCUT2D eigenvalue weighted by Gasteiger charge is -2.12. The first-order chi connectivity index (χ1) is 4.97. The minimum absolute atomic E-state index is 0.00486. The number of nitrogens with zero attached hydrogens (tertiary/aromatic N) is 1. The number of rotatable bonds is 1. The van der Waals surface area contributed by atoms with Crippen molar-refractivity contribution < 1.29 is 14.0 Å². The number of amides is 1. The van der Waals surface area contributed by atoms with Gasteiger partial charge in [0.05, 0.1) is 7.05 Å². The smallest absolute Gasteiger partial charge is 0.417 e. The molecule has 1 amide bonds. The van der Waals surface area contributed by atoms with Crippen LogP contribution in [0.1, 0.15) is 20.8 Å². The van der Waals surface area contributed by atoms with E-state index in [0.29, 0.717) is 10.5 Å². The van der Waals surface area contributed by atoms with E-state index >= 15 is 0 Å². The van der Waals surface area contributed by atoms with Gasteiger partial charge in [-0.2, -0.15) is 4.79 Å². The van der Waals surface area contributed by atoms with Crippen LogP contribution in [0.15, 0.2) is 0 Å². The van der Waals surface area contributed by atoms with Crippen LogP contribution in [0.3, 0.4) is 0 Å². The van der Waals surface area contributed by atoms with E-state index in [-0.39, 0.29) is 12.2 Å². The normalized spacial score (nSPS) is 35.5. The molecule has 2 atom stereocenters. The van der Waals surface area contributed by atoms with Crippen LogP contribution in [-0.4, -0.2) is 36.3 Å². The summed E-state index contributed by atoms with van der Waals surface area (Å²) in [6.07, 6.45) is -0.0854. The maximum absolute atomic E-state index is 11.3. The summed E-state index contributed by atoms with van der Waals surface area (Å²) in [6.45, 7) is 6.73. The molecule has 11 heavy (non-hydrogen) atoms. The number of hydrogen-bond donors (Lipinski definition) is 0. The largest absolute Gasteiger partial charge is 0.516 e. The number of quaternary nitrogens is 1. The molecule has 2 unspecified atom stereocenters. The molecular formula is C8H16NO2+. The fourth-order valence-corrected chi connectivity index (χ4v) is 1.08. The highest BCUT2D eigenvalue weighted by Gasteiger charge is 2.56. The first-order valence-electron chi connectivity index (χ1n) is 4.03. The maximum Gasteiger partial charge on any atom is 0.516 e.